The number of carbonyl (C=O) groups excluding carboxylic acids is 1. The number of hydrogen-bond acceptors (Lipinski definition) is 5. The van der Waals surface area contributed by atoms with E-state index in [-0.39, 0.29) is 18.4 Å². The van der Waals surface area contributed by atoms with Gasteiger partial charge in [-0.05, 0) is 36.8 Å². The molecule has 1 unspecified atom stereocenters. The minimum atomic E-state index is -3.35. The van der Waals surface area contributed by atoms with Crippen molar-refractivity contribution in [2.45, 2.75) is 19.4 Å². The van der Waals surface area contributed by atoms with Crippen LogP contribution < -0.4 is 10.0 Å². The maximum absolute atomic E-state index is 12.3. The zero-order valence-corrected chi connectivity index (χ0v) is 15.2. The highest BCUT2D eigenvalue weighted by molar-refractivity contribution is 7.92. The fourth-order valence-electron chi connectivity index (χ4n) is 2.68. The van der Waals surface area contributed by atoms with Crippen molar-refractivity contribution in [2.75, 3.05) is 11.0 Å². The lowest BCUT2D eigenvalue weighted by Crippen LogP contribution is -2.28. The van der Waals surface area contributed by atoms with Crippen molar-refractivity contribution in [2.24, 2.45) is 0 Å². The van der Waals surface area contributed by atoms with E-state index in [1.54, 1.807) is 24.3 Å². The van der Waals surface area contributed by atoms with Gasteiger partial charge < -0.3 is 9.84 Å². The van der Waals surface area contributed by atoms with Crippen LogP contribution in [0.2, 0.25) is 0 Å². The molecular formula is C18H19N3O4S. The first-order valence-electron chi connectivity index (χ1n) is 8.02. The van der Waals surface area contributed by atoms with Gasteiger partial charge in [0, 0.05) is 11.1 Å². The molecule has 0 fully saturated rings. The van der Waals surface area contributed by atoms with E-state index >= 15 is 0 Å². The van der Waals surface area contributed by atoms with Gasteiger partial charge in [-0.3, -0.25) is 9.52 Å². The molecule has 136 valence electrons. The Bertz CT molecular complexity index is 1040. The van der Waals surface area contributed by atoms with Crippen molar-refractivity contribution < 1.29 is 17.7 Å². The zero-order valence-electron chi connectivity index (χ0n) is 14.4. The van der Waals surface area contributed by atoms with Gasteiger partial charge >= 0.3 is 0 Å². The van der Waals surface area contributed by atoms with E-state index in [9.17, 15) is 13.2 Å². The van der Waals surface area contributed by atoms with Gasteiger partial charge in [-0.25, -0.2) is 8.42 Å². The Kier molecular flexibility index (Phi) is 4.94. The molecule has 0 aliphatic rings. The fourth-order valence-corrected chi connectivity index (χ4v) is 3.23. The minimum absolute atomic E-state index is 0.0998. The Morgan fingerprint density at radius 3 is 2.73 bits per heavy atom. The van der Waals surface area contributed by atoms with Crippen molar-refractivity contribution in [1.82, 2.24) is 10.5 Å². The standard InChI is InChI=1S/C18H19N3O4S/c1-12(13-6-5-7-14(10-13)21-26(2,23)24)19-18(22)11-16-15-8-3-4-9-17(15)25-20-16/h3-10,12,21H,11H2,1-2H3,(H,19,22). The molecule has 0 aliphatic heterocycles. The molecule has 0 bridgehead atoms. The summed E-state index contributed by atoms with van der Waals surface area (Å²) >= 11 is 0. The van der Waals surface area contributed by atoms with Gasteiger partial charge in [-0.2, -0.15) is 0 Å². The van der Waals surface area contributed by atoms with E-state index in [2.05, 4.69) is 15.2 Å². The molecule has 3 rings (SSSR count). The Morgan fingerprint density at radius 1 is 1.19 bits per heavy atom. The van der Waals surface area contributed by atoms with Crippen LogP contribution in [-0.4, -0.2) is 25.7 Å². The van der Waals surface area contributed by atoms with E-state index in [1.165, 1.54) is 0 Å². The Labute approximate surface area is 151 Å². The predicted octanol–water partition coefficient (Wildman–Crippen LogP) is 2.62. The molecule has 3 aromatic rings. The van der Waals surface area contributed by atoms with E-state index in [0.29, 0.717) is 17.0 Å². The molecule has 1 aromatic heterocycles. The SMILES string of the molecule is CC(NC(=O)Cc1noc2ccccc12)c1cccc(NS(C)(=O)=O)c1. The van der Waals surface area contributed by atoms with Crippen molar-refractivity contribution in [3.8, 4) is 0 Å². The number of rotatable bonds is 6. The highest BCUT2D eigenvalue weighted by Gasteiger charge is 2.15. The fraction of sp³-hybridized carbons (Fsp3) is 0.222. The first-order chi connectivity index (χ1) is 12.3. The Morgan fingerprint density at radius 2 is 1.96 bits per heavy atom. The number of amides is 1. The van der Waals surface area contributed by atoms with Crippen LogP contribution >= 0.6 is 0 Å². The lowest BCUT2D eigenvalue weighted by atomic mass is 10.1. The maximum Gasteiger partial charge on any atom is 0.229 e. The molecule has 0 saturated carbocycles. The normalized spacial score (nSPS) is 12.7. The van der Waals surface area contributed by atoms with E-state index in [4.69, 9.17) is 4.52 Å². The molecule has 0 radical (unpaired) electrons. The molecule has 1 amide bonds. The second-order valence-electron chi connectivity index (χ2n) is 6.09. The third kappa shape index (κ3) is 4.40. The smallest absolute Gasteiger partial charge is 0.229 e. The molecule has 0 spiro atoms. The lowest BCUT2D eigenvalue weighted by Gasteiger charge is -2.15. The van der Waals surface area contributed by atoms with Gasteiger partial charge in [-0.1, -0.05) is 29.4 Å². The summed E-state index contributed by atoms with van der Waals surface area (Å²) in [5, 5.41) is 7.66. The minimum Gasteiger partial charge on any atom is -0.356 e. The largest absolute Gasteiger partial charge is 0.356 e. The van der Waals surface area contributed by atoms with Gasteiger partial charge in [-0.15, -0.1) is 0 Å². The summed E-state index contributed by atoms with van der Waals surface area (Å²) in [5.74, 6) is -0.196. The van der Waals surface area contributed by atoms with Crippen LogP contribution in [0.3, 0.4) is 0 Å². The van der Waals surface area contributed by atoms with Crippen molar-refractivity contribution in [3.05, 3.63) is 59.8 Å². The molecule has 8 heteroatoms. The first kappa shape index (κ1) is 17.9. The lowest BCUT2D eigenvalue weighted by molar-refractivity contribution is -0.121. The van der Waals surface area contributed by atoms with Gasteiger partial charge in [0.25, 0.3) is 0 Å². The molecule has 2 N–H and O–H groups in total. The molecule has 0 saturated heterocycles. The highest BCUT2D eigenvalue weighted by Crippen LogP contribution is 2.20. The Hall–Kier alpha value is -2.87. The molecule has 2 aromatic carbocycles. The van der Waals surface area contributed by atoms with Gasteiger partial charge in [0.2, 0.25) is 15.9 Å². The quantitative estimate of drug-likeness (QED) is 0.692. The van der Waals surface area contributed by atoms with Crippen LogP contribution in [0.15, 0.2) is 53.1 Å². The topological polar surface area (TPSA) is 101 Å². The number of anilines is 1. The van der Waals surface area contributed by atoms with Crippen molar-refractivity contribution >= 4 is 32.6 Å². The molecule has 0 aliphatic carbocycles. The summed E-state index contributed by atoms with van der Waals surface area (Å²) in [5.41, 5.74) is 2.46. The highest BCUT2D eigenvalue weighted by atomic mass is 32.2. The van der Waals surface area contributed by atoms with Crippen LogP contribution in [-0.2, 0) is 21.2 Å². The molecule has 1 heterocycles. The predicted molar refractivity (Wildman–Crippen MR) is 99.2 cm³/mol. The average Bonchev–Trinajstić information content (AvgIpc) is 2.96. The summed E-state index contributed by atoms with van der Waals surface area (Å²) in [6.07, 6.45) is 1.19. The van der Waals surface area contributed by atoms with Gasteiger partial charge in [0.05, 0.1) is 18.7 Å². The van der Waals surface area contributed by atoms with Gasteiger partial charge in [0.1, 0.15) is 5.69 Å². The number of hydrogen-bond donors (Lipinski definition) is 2. The summed E-state index contributed by atoms with van der Waals surface area (Å²) in [4.78, 5) is 12.3. The van der Waals surface area contributed by atoms with Crippen LogP contribution in [0.1, 0.15) is 24.2 Å². The van der Waals surface area contributed by atoms with Crippen molar-refractivity contribution in [3.63, 3.8) is 0 Å². The maximum atomic E-state index is 12.3. The van der Waals surface area contributed by atoms with E-state index < -0.39 is 10.0 Å². The molecule has 26 heavy (non-hydrogen) atoms. The number of nitrogens with zero attached hydrogens (tertiary/aromatic N) is 1. The third-order valence-electron chi connectivity index (χ3n) is 3.85. The number of sulfonamides is 1. The van der Waals surface area contributed by atoms with E-state index in [1.807, 2.05) is 31.2 Å². The summed E-state index contributed by atoms with van der Waals surface area (Å²) < 4.78 is 30.3. The van der Waals surface area contributed by atoms with E-state index in [0.717, 1.165) is 17.2 Å². The zero-order chi connectivity index (χ0) is 18.7. The van der Waals surface area contributed by atoms with Gasteiger partial charge in [0.15, 0.2) is 5.58 Å². The monoisotopic (exact) mass is 373 g/mol. The average molecular weight is 373 g/mol. The van der Waals surface area contributed by atoms with Crippen LogP contribution in [0.5, 0.6) is 0 Å². The Balaban J connectivity index is 1.68. The first-order valence-corrected chi connectivity index (χ1v) is 9.91. The second kappa shape index (κ2) is 7.17. The molecular weight excluding hydrogens is 354 g/mol. The summed E-state index contributed by atoms with van der Waals surface area (Å²) in [7, 11) is -3.35. The summed E-state index contributed by atoms with van der Waals surface area (Å²) in [6.45, 7) is 1.83. The number of fused-ring (bicyclic) bond motifs is 1. The third-order valence-corrected chi connectivity index (χ3v) is 4.45. The number of benzene rings is 2. The summed E-state index contributed by atoms with van der Waals surface area (Å²) in [6, 6.07) is 14.0. The number of nitrogens with one attached hydrogen (secondary N) is 2. The van der Waals surface area contributed by atoms with Crippen molar-refractivity contribution in [1.29, 1.82) is 0 Å². The van der Waals surface area contributed by atoms with Crippen LogP contribution in [0, 0.1) is 0 Å². The van der Waals surface area contributed by atoms with Crippen LogP contribution in [0.4, 0.5) is 5.69 Å². The molecule has 7 nitrogen and oxygen atoms in total. The molecule has 1 atom stereocenters. The number of para-hydroxylation sites is 1. The van der Waals surface area contributed by atoms with Crippen LogP contribution in [0.25, 0.3) is 11.0 Å². The number of aromatic nitrogens is 1. The second-order valence-corrected chi connectivity index (χ2v) is 7.84. The number of carbonyl (C=O) groups is 1.